The van der Waals surface area contributed by atoms with E-state index in [9.17, 15) is 0 Å². The average Bonchev–Trinajstić information content (AvgIpc) is 3.28. The van der Waals surface area contributed by atoms with Gasteiger partial charge in [0.1, 0.15) is 0 Å². The molecule has 0 radical (unpaired) electrons. The van der Waals surface area contributed by atoms with Gasteiger partial charge in [-0.05, 0) is 42.4 Å². The Morgan fingerprint density at radius 2 is 1.05 bits per heavy atom. The molecule has 0 aliphatic heterocycles. The van der Waals surface area contributed by atoms with Crippen molar-refractivity contribution in [3.63, 3.8) is 0 Å². The van der Waals surface area contributed by atoms with E-state index in [0.29, 0.717) is 5.41 Å². The van der Waals surface area contributed by atoms with Crippen molar-refractivity contribution in [2.45, 2.75) is 162 Å². The summed E-state index contributed by atoms with van der Waals surface area (Å²) in [5, 5.41) is 1.46. The predicted octanol–water partition coefficient (Wildman–Crippen LogP) is 12.3. The Morgan fingerprint density at radius 3 is 1.57 bits per heavy atom. The lowest BCUT2D eigenvalue weighted by atomic mass is 9.70. The molecule has 1 heterocycles. The molecule has 208 valence electrons. The SMILES string of the molecule is CCCCCCCCCCCCC1(CCCCCCCCCCCC)C=Cc2[nH]c3ccccc3c2C1. The third-order valence-electron chi connectivity index (χ3n) is 9.04. The van der Waals surface area contributed by atoms with Gasteiger partial charge in [-0.2, -0.15) is 0 Å². The fourth-order valence-electron chi connectivity index (χ4n) is 6.62. The molecular weight excluding hydrogens is 446 g/mol. The first-order valence-electron chi connectivity index (χ1n) is 16.6. The van der Waals surface area contributed by atoms with Crippen molar-refractivity contribution in [3.05, 3.63) is 41.6 Å². The highest BCUT2D eigenvalue weighted by molar-refractivity contribution is 5.88. The van der Waals surface area contributed by atoms with Crippen LogP contribution in [0.25, 0.3) is 17.0 Å². The van der Waals surface area contributed by atoms with Crippen LogP contribution in [0.4, 0.5) is 0 Å². The Labute approximate surface area is 230 Å². The molecule has 0 atom stereocenters. The quantitative estimate of drug-likeness (QED) is 0.153. The van der Waals surface area contributed by atoms with Gasteiger partial charge in [0.05, 0.1) is 0 Å². The highest BCUT2D eigenvalue weighted by atomic mass is 14.7. The first-order valence-corrected chi connectivity index (χ1v) is 16.6. The van der Waals surface area contributed by atoms with Crippen molar-refractivity contribution < 1.29 is 0 Å². The number of aromatic amines is 1. The van der Waals surface area contributed by atoms with Gasteiger partial charge in [0.2, 0.25) is 0 Å². The molecule has 2 aromatic rings. The molecule has 0 bridgehead atoms. The van der Waals surface area contributed by atoms with Gasteiger partial charge in [-0.1, -0.05) is 167 Å². The van der Waals surface area contributed by atoms with E-state index in [0.717, 1.165) is 0 Å². The fourth-order valence-corrected chi connectivity index (χ4v) is 6.62. The first kappa shape index (κ1) is 30.0. The Bertz CT molecular complexity index is 848. The molecule has 1 aliphatic rings. The van der Waals surface area contributed by atoms with Gasteiger partial charge in [0.15, 0.2) is 0 Å². The lowest BCUT2D eigenvalue weighted by Crippen LogP contribution is -2.24. The van der Waals surface area contributed by atoms with Gasteiger partial charge in [-0.15, -0.1) is 0 Å². The summed E-state index contributed by atoms with van der Waals surface area (Å²) < 4.78 is 0. The third-order valence-corrected chi connectivity index (χ3v) is 9.04. The maximum absolute atomic E-state index is 3.68. The molecule has 0 saturated heterocycles. The summed E-state index contributed by atoms with van der Waals surface area (Å²) >= 11 is 0. The monoisotopic (exact) mass is 505 g/mol. The lowest BCUT2D eigenvalue weighted by Gasteiger charge is -2.34. The van der Waals surface area contributed by atoms with Crippen molar-refractivity contribution in [1.82, 2.24) is 4.98 Å². The minimum Gasteiger partial charge on any atom is -0.355 e. The summed E-state index contributed by atoms with van der Waals surface area (Å²) in [5.41, 5.74) is 4.63. The second-order valence-corrected chi connectivity index (χ2v) is 12.3. The van der Waals surface area contributed by atoms with Crippen LogP contribution in [0.5, 0.6) is 0 Å². The highest BCUT2D eigenvalue weighted by Crippen LogP contribution is 2.43. The molecule has 0 unspecified atom stereocenters. The molecule has 1 aromatic heterocycles. The van der Waals surface area contributed by atoms with Gasteiger partial charge in [0.25, 0.3) is 0 Å². The molecule has 0 fully saturated rings. The van der Waals surface area contributed by atoms with Crippen LogP contribution in [0, 0.1) is 5.41 Å². The molecule has 37 heavy (non-hydrogen) atoms. The number of para-hydroxylation sites is 1. The zero-order valence-electron chi connectivity index (χ0n) is 24.7. The first-order chi connectivity index (χ1) is 18.3. The Hall–Kier alpha value is -1.50. The summed E-state index contributed by atoms with van der Waals surface area (Å²) in [5.74, 6) is 0. The molecule has 0 saturated carbocycles. The van der Waals surface area contributed by atoms with Gasteiger partial charge >= 0.3 is 0 Å². The third kappa shape index (κ3) is 10.6. The second kappa shape index (κ2) is 17.9. The molecule has 0 spiro atoms. The summed E-state index contributed by atoms with van der Waals surface area (Å²) in [4.78, 5) is 3.68. The fraction of sp³-hybridized carbons (Fsp3) is 0.722. The van der Waals surface area contributed by atoms with Gasteiger partial charge in [-0.3, -0.25) is 0 Å². The smallest absolute Gasteiger partial charge is 0.0461 e. The Morgan fingerprint density at radius 1 is 0.595 bits per heavy atom. The average molecular weight is 506 g/mol. The minimum atomic E-state index is 0.373. The molecule has 1 aliphatic carbocycles. The number of hydrogen-bond acceptors (Lipinski definition) is 0. The van der Waals surface area contributed by atoms with Crippen molar-refractivity contribution in [2.75, 3.05) is 0 Å². The zero-order valence-corrected chi connectivity index (χ0v) is 24.7. The van der Waals surface area contributed by atoms with Crippen LogP contribution >= 0.6 is 0 Å². The molecule has 1 N–H and O–H groups in total. The van der Waals surface area contributed by atoms with E-state index >= 15 is 0 Å². The standard InChI is InChI=1S/C36H59N/c1-3-5-7-9-11-13-15-17-19-23-28-36(29-24-20-18-16-14-12-10-8-6-4-2)30-27-35-33(31-36)32-25-21-22-26-34(32)37-35/h21-22,25-27,30,37H,3-20,23-24,28-29,31H2,1-2H3. The normalized spacial score (nSPS) is 14.4. The predicted molar refractivity (Wildman–Crippen MR) is 166 cm³/mol. The van der Waals surface area contributed by atoms with Crippen molar-refractivity contribution >= 4 is 17.0 Å². The maximum Gasteiger partial charge on any atom is 0.0461 e. The number of fused-ring (bicyclic) bond motifs is 3. The van der Waals surface area contributed by atoms with Gasteiger partial charge in [0, 0.05) is 16.6 Å². The van der Waals surface area contributed by atoms with Crippen LogP contribution in [0.3, 0.4) is 0 Å². The largest absolute Gasteiger partial charge is 0.355 e. The number of benzene rings is 1. The van der Waals surface area contributed by atoms with Crippen LogP contribution < -0.4 is 0 Å². The molecular formula is C36H59N. The van der Waals surface area contributed by atoms with E-state index in [4.69, 9.17) is 0 Å². The van der Waals surface area contributed by atoms with E-state index in [-0.39, 0.29) is 0 Å². The summed E-state index contributed by atoms with van der Waals surface area (Å²) in [6.45, 7) is 4.62. The van der Waals surface area contributed by atoms with Crippen LogP contribution in [-0.4, -0.2) is 4.98 Å². The Kier molecular flexibility index (Phi) is 14.5. The Balaban J connectivity index is 1.43. The van der Waals surface area contributed by atoms with E-state index in [2.05, 4.69) is 55.2 Å². The van der Waals surface area contributed by atoms with Gasteiger partial charge in [-0.25, -0.2) is 0 Å². The molecule has 1 heteroatoms. The van der Waals surface area contributed by atoms with Crippen LogP contribution in [-0.2, 0) is 6.42 Å². The summed E-state index contributed by atoms with van der Waals surface area (Å²) in [6, 6.07) is 8.94. The summed E-state index contributed by atoms with van der Waals surface area (Å²) in [6.07, 6.45) is 37.6. The summed E-state index contributed by atoms with van der Waals surface area (Å²) in [7, 11) is 0. The number of unbranched alkanes of at least 4 members (excludes halogenated alkanes) is 18. The topological polar surface area (TPSA) is 15.8 Å². The zero-order chi connectivity index (χ0) is 26.0. The van der Waals surface area contributed by atoms with E-state index < -0.39 is 0 Å². The van der Waals surface area contributed by atoms with Crippen molar-refractivity contribution in [3.8, 4) is 0 Å². The van der Waals surface area contributed by atoms with Crippen LogP contribution in [0.1, 0.15) is 166 Å². The number of hydrogen-bond donors (Lipinski definition) is 1. The number of nitrogens with one attached hydrogen (secondary N) is 1. The molecule has 1 nitrogen and oxygen atoms in total. The number of aromatic nitrogens is 1. The molecule has 0 amide bonds. The van der Waals surface area contributed by atoms with E-state index in [1.54, 1.807) is 5.56 Å². The number of allylic oxidation sites excluding steroid dienone is 1. The van der Waals surface area contributed by atoms with Crippen LogP contribution in [0.15, 0.2) is 30.3 Å². The van der Waals surface area contributed by atoms with Crippen LogP contribution in [0.2, 0.25) is 0 Å². The van der Waals surface area contributed by atoms with E-state index in [1.807, 2.05) is 0 Å². The molecule has 1 aromatic carbocycles. The second-order valence-electron chi connectivity index (χ2n) is 12.3. The van der Waals surface area contributed by atoms with E-state index in [1.165, 1.54) is 164 Å². The minimum absolute atomic E-state index is 0.373. The maximum atomic E-state index is 3.68. The molecule has 3 rings (SSSR count). The number of rotatable bonds is 22. The van der Waals surface area contributed by atoms with Crippen molar-refractivity contribution in [1.29, 1.82) is 0 Å². The highest BCUT2D eigenvalue weighted by Gasteiger charge is 2.31. The number of H-pyrrole nitrogens is 1. The van der Waals surface area contributed by atoms with Crippen molar-refractivity contribution in [2.24, 2.45) is 5.41 Å². The lowest BCUT2D eigenvalue weighted by molar-refractivity contribution is 0.292. The van der Waals surface area contributed by atoms with Gasteiger partial charge < -0.3 is 4.98 Å².